The van der Waals surface area contributed by atoms with Crippen LogP contribution in [0.5, 0.6) is 0 Å². The molecule has 0 aromatic heterocycles. The highest BCUT2D eigenvalue weighted by Gasteiger charge is 2.40. The molecule has 1 aliphatic rings. The minimum atomic E-state index is -6.23. The van der Waals surface area contributed by atoms with Gasteiger partial charge in [-0.15, -0.1) is 21.9 Å². The molecule has 0 aliphatic carbocycles. The quantitative estimate of drug-likeness (QED) is 0.182. The lowest BCUT2D eigenvalue weighted by Crippen LogP contribution is -1.90. The van der Waals surface area contributed by atoms with Crippen molar-refractivity contribution in [2.24, 2.45) is 22.6 Å². The van der Waals surface area contributed by atoms with Gasteiger partial charge in [-0.2, -0.15) is 25.8 Å². The Labute approximate surface area is 158 Å². The van der Waals surface area contributed by atoms with Crippen molar-refractivity contribution in [2.75, 3.05) is 26.0 Å². The molecule has 0 radical (unpaired) electrons. The maximum atomic E-state index is 15.1. The van der Waals surface area contributed by atoms with Gasteiger partial charge in [0, 0.05) is 0 Å². The largest absolute Gasteiger partial charge is 0.423 e. The molecule has 0 aromatic rings. The molecule has 9 nitrogen and oxygen atoms in total. The van der Waals surface area contributed by atoms with E-state index in [9.17, 15) is 21.6 Å². The SMILES string of the molecule is CCOP1(F)=NP(F)(CC=O)=NP(F)(F)=NP(F)(OCC)=NP(F)(OCC)=N1. The van der Waals surface area contributed by atoms with E-state index in [1.54, 1.807) is 0 Å². The van der Waals surface area contributed by atoms with E-state index in [1.165, 1.54) is 20.8 Å². The van der Waals surface area contributed by atoms with E-state index < -0.39 is 64.6 Å². The monoisotopic (exact) mass is 517 g/mol. The summed E-state index contributed by atoms with van der Waals surface area (Å²) in [6.45, 7) is 1.99. The fourth-order valence-electron chi connectivity index (χ4n) is 1.64. The summed E-state index contributed by atoms with van der Waals surface area (Å²) < 4.78 is 115. The van der Waals surface area contributed by atoms with Gasteiger partial charge in [0.05, 0.1) is 26.0 Å². The number of carbonyl (C=O) groups is 1. The van der Waals surface area contributed by atoms with Crippen molar-refractivity contribution in [1.82, 2.24) is 0 Å². The first kappa shape index (κ1) is 26.3. The molecule has 0 aromatic carbocycles. The first-order valence-electron chi connectivity index (χ1n) is 7.51. The number of aldehydes is 1. The molecule has 4 atom stereocenters. The average molecular weight is 517 g/mol. The Hall–Kier alpha value is 0.280. The summed E-state index contributed by atoms with van der Waals surface area (Å²) in [7, 11) is -27.7. The lowest BCUT2D eigenvalue weighted by atomic mass is 10.9. The van der Waals surface area contributed by atoms with Gasteiger partial charge in [-0.3, -0.25) is 0 Å². The molecule has 166 valence electrons. The summed E-state index contributed by atoms with van der Waals surface area (Å²) in [6, 6.07) is 0. The van der Waals surface area contributed by atoms with Crippen LogP contribution in [-0.2, 0) is 18.4 Å². The molecule has 0 saturated carbocycles. The van der Waals surface area contributed by atoms with Crippen molar-refractivity contribution in [3.8, 4) is 0 Å². The fourth-order valence-corrected chi connectivity index (χ4v) is 12.9. The number of hydrogen-bond donors (Lipinski definition) is 0. The molecular formula is C8H18F6N5O4P5. The Balaban J connectivity index is 4.16. The third kappa shape index (κ3) is 7.84. The number of hydrogen-bond acceptors (Lipinski definition) is 9. The predicted octanol–water partition coefficient (Wildman–Crippen LogP) is 8.94. The molecule has 1 rings (SSSR count). The van der Waals surface area contributed by atoms with E-state index in [-0.39, 0.29) is 6.29 Å². The Kier molecular flexibility index (Phi) is 9.45. The van der Waals surface area contributed by atoms with Gasteiger partial charge in [0.25, 0.3) is 7.52 Å². The molecule has 0 amide bonds. The highest BCUT2D eigenvalue weighted by Crippen LogP contribution is 2.81. The van der Waals surface area contributed by atoms with Crippen LogP contribution in [0.25, 0.3) is 0 Å². The first-order chi connectivity index (χ1) is 12.8. The number of halogens is 6. The number of rotatable bonds is 8. The molecule has 0 spiro atoms. The van der Waals surface area contributed by atoms with Crippen LogP contribution < -0.4 is 0 Å². The Morgan fingerprint density at radius 1 is 0.679 bits per heavy atom. The normalized spacial score (nSPS) is 38.0. The molecule has 0 fully saturated rings. The van der Waals surface area contributed by atoms with Crippen molar-refractivity contribution in [1.29, 1.82) is 0 Å². The van der Waals surface area contributed by atoms with Crippen molar-refractivity contribution in [3.05, 3.63) is 0 Å². The second-order valence-corrected chi connectivity index (χ2v) is 14.3. The van der Waals surface area contributed by atoms with Crippen LogP contribution in [0.4, 0.5) is 25.2 Å². The van der Waals surface area contributed by atoms with Crippen LogP contribution in [0, 0.1) is 0 Å². The third-order valence-corrected chi connectivity index (χ3v) is 13.9. The molecule has 0 bridgehead atoms. The van der Waals surface area contributed by atoms with Crippen molar-refractivity contribution < 1.29 is 43.5 Å². The first-order valence-corrected chi connectivity index (χ1v) is 15.3. The maximum absolute atomic E-state index is 15.1. The zero-order valence-electron chi connectivity index (χ0n) is 14.8. The topological polar surface area (TPSA) is 107 Å². The summed E-state index contributed by atoms with van der Waals surface area (Å²) in [5.74, 6) is 0. The summed E-state index contributed by atoms with van der Waals surface area (Å²) >= 11 is 0. The van der Waals surface area contributed by atoms with Crippen molar-refractivity contribution >= 4 is 44.9 Å². The van der Waals surface area contributed by atoms with Gasteiger partial charge in [0.1, 0.15) is 6.29 Å². The molecule has 20 heteroatoms. The fraction of sp³-hybridized carbons (Fsp3) is 0.875. The summed E-state index contributed by atoms with van der Waals surface area (Å²) in [5.41, 5.74) is 0. The van der Waals surface area contributed by atoms with Gasteiger partial charge < -0.3 is 18.4 Å². The van der Waals surface area contributed by atoms with Crippen LogP contribution >= 0.6 is 38.6 Å². The van der Waals surface area contributed by atoms with E-state index in [2.05, 4.69) is 36.1 Å². The maximum Gasteiger partial charge on any atom is 0.423 e. The summed E-state index contributed by atoms with van der Waals surface area (Å²) in [5, 5.41) is 0. The van der Waals surface area contributed by atoms with Crippen LogP contribution in [0.15, 0.2) is 22.6 Å². The highest BCUT2D eigenvalue weighted by molar-refractivity contribution is 7.79. The lowest BCUT2D eigenvalue weighted by molar-refractivity contribution is -0.105. The van der Waals surface area contributed by atoms with Gasteiger partial charge in [0.15, 0.2) is 0 Å². The molecule has 1 aliphatic heterocycles. The van der Waals surface area contributed by atoms with Crippen LogP contribution in [0.1, 0.15) is 20.8 Å². The minimum Gasteiger partial charge on any atom is -0.303 e. The molecular weight excluding hydrogens is 499 g/mol. The molecule has 0 N–H and O–H groups in total. The van der Waals surface area contributed by atoms with Crippen molar-refractivity contribution in [2.45, 2.75) is 20.8 Å². The third-order valence-electron chi connectivity index (χ3n) is 2.34. The number of carbonyl (C=O) groups excluding carboxylic acids is 1. The van der Waals surface area contributed by atoms with Gasteiger partial charge in [-0.25, -0.2) is 0 Å². The minimum absolute atomic E-state index is 0.173. The Bertz CT molecular complexity index is 874. The predicted molar refractivity (Wildman–Crippen MR) is 99.2 cm³/mol. The van der Waals surface area contributed by atoms with E-state index in [0.29, 0.717) is 0 Å². The molecule has 1 heterocycles. The summed E-state index contributed by atoms with van der Waals surface area (Å²) in [6.07, 6.45) is -1.55. The standard InChI is InChI=1S/C8H18F6N5O4P5/c1-4-21-26(12)16-24(9,8-7-20)15-25(10,11)17-27(13,22-5-2)19-28(14,18-26)23-6-3/h7H,4-6,8H2,1-3H3. The highest BCUT2D eigenvalue weighted by atomic mass is 31.3. The van der Waals surface area contributed by atoms with Gasteiger partial charge >= 0.3 is 31.1 Å². The zero-order chi connectivity index (χ0) is 21.7. The smallest absolute Gasteiger partial charge is 0.303 e. The van der Waals surface area contributed by atoms with E-state index >= 15 is 8.39 Å². The molecule has 28 heavy (non-hydrogen) atoms. The zero-order valence-corrected chi connectivity index (χ0v) is 19.3. The Morgan fingerprint density at radius 3 is 1.46 bits per heavy atom. The van der Waals surface area contributed by atoms with Gasteiger partial charge in [-0.05, 0) is 20.8 Å². The van der Waals surface area contributed by atoms with Crippen LogP contribution in [-0.4, -0.2) is 32.3 Å². The lowest BCUT2D eigenvalue weighted by Gasteiger charge is -2.20. The Morgan fingerprint density at radius 2 is 1.07 bits per heavy atom. The van der Waals surface area contributed by atoms with E-state index in [1.807, 2.05) is 0 Å². The molecule has 4 unspecified atom stereocenters. The van der Waals surface area contributed by atoms with Crippen LogP contribution in [0.2, 0.25) is 0 Å². The summed E-state index contributed by atoms with van der Waals surface area (Å²) in [4.78, 5) is 10.7. The van der Waals surface area contributed by atoms with E-state index in [4.69, 9.17) is 0 Å². The van der Waals surface area contributed by atoms with Gasteiger partial charge in [-0.1, -0.05) is 0 Å². The second-order valence-electron chi connectivity index (χ2n) is 4.57. The number of nitrogens with zero attached hydrogens (tertiary/aromatic N) is 5. The second kappa shape index (κ2) is 10.1. The van der Waals surface area contributed by atoms with Crippen molar-refractivity contribution in [3.63, 3.8) is 0 Å². The molecule has 0 saturated heterocycles. The van der Waals surface area contributed by atoms with Gasteiger partial charge in [0.2, 0.25) is 0 Å². The van der Waals surface area contributed by atoms with E-state index in [0.717, 1.165) is 0 Å². The van der Waals surface area contributed by atoms with Crippen LogP contribution in [0.3, 0.4) is 0 Å². The average Bonchev–Trinajstić information content (AvgIpc) is 2.43.